The van der Waals surface area contributed by atoms with Gasteiger partial charge < -0.3 is 10.6 Å². The zero-order chi connectivity index (χ0) is 11.8. The molecule has 2 rings (SSSR count). The van der Waals surface area contributed by atoms with Gasteiger partial charge >= 0.3 is 0 Å². The third-order valence-corrected chi connectivity index (χ3v) is 4.31. The molecule has 3 heteroatoms. The molecule has 3 nitrogen and oxygen atoms in total. The average Bonchev–Trinajstić information content (AvgIpc) is 2.58. The Labute approximate surface area is 98.4 Å². The number of fused-ring (bicyclic) bond motifs is 2. The highest BCUT2D eigenvalue weighted by atomic mass is 16.2. The van der Waals surface area contributed by atoms with E-state index in [1.165, 1.54) is 12.8 Å². The van der Waals surface area contributed by atoms with Crippen molar-refractivity contribution in [1.82, 2.24) is 10.6 Å². The molecule has 0 spiro atoms. The van der Waals surface area contributed by atoms with Crippen LogP contribution in [0.25, 0.3) is 0 Å². The van der Waals surface area contributed by atoms with Gasteiger partial charge in [0, 0.05) is 23.5 Å². The van der Waals surface area contributed by atoms with Crippen molar-refractivity contribution in [3.63, 3.8) is 0 Å². The third-order valence-electron chi connectivity index (χ3n) is 4.31. The molecule has 16 heavy (non-hydrogen) atoms. The number of nitrogens with one attached hydrogen (secondary N) is 2. The van der Waals surface area contributed by atoms with Gasteiger partial charge in [0.2, 0.25) is 5.91 Å². The van der Waals surface area contributed by atoms with Crippen LogP contribution >= 0.6 is 0 Å². The van der Waals surface area contributed by atoms with Gasteiger partial charge in [0.05, 0.1) is 0 Å². The largest absolute Gasteiger partial charge is 0.353 e. The molecule has 0 aliphatic carbocycles. The molecular formula is C13H24N2O. The van der Waals surface area contributed by atoms with Crippen molar-refractivity contribution >= 4 is 5.91 Å². The van der Waals surface area contributed by atoms with Crippen LogP contribution in [0, 0.1) is 5.41 Å². The molecule has 2 N–H and O–H groups in total. The number of carbonyl (C=O) groups is 1. The molecule has 3 atom stereocenters. The summed E-state index contributed by atoms with van der Waals surface area (Å²) in [4.78, 5) is 12.1. The summed E-state index contributed by atoms with van der Waals surface area (Å²) in [6.45, 7) is 6.13. The fraction of sp³-hybridized carbons (Fsp3) is 0.923. The van der Waals surface area contributed by atoms with E-state index in [2.05, 4.69) is 17.6 Å². The monoisotopic (exact) mass is 224 g/mol. The molecular weight excluding hydrogens is 200 g/mol. The lowest BCUT2D eigenvalue weighted by Crippen LogP contribution is -2.50. The molecule has 1 amide bonds. The zero-order valence-electron chi connectivity index (χ0n) is 10.7. The summed E-state index contributed by atoms with van der Waals surface area (Å²) in [7, 11) is 0. The van der Waals surface area contributed by atoms with Crippen LogP contribution in [0.2, 0.25) is 0 Å². The van der Waals surface area contributed by atoms with E-state index in [-0.39, 0.29) is 11.3 Å². The molecule has 2 heterocycles. The molecule has 2 fully saturated rings. The van der Waals surface area contributed by atoms with E-state index in [1.807, 2.05) is 13.8 Å². The van der Waals surface area contributed by atoms with E-state index >= 15 is 0 Å². The highest BCUT2D eigenvalue weighted by molar-refractivity contribution is 5.82. The molecule has 1 unspecified atom stereocenters. The second-order valence-corrected chi connectivity index (χ2v) is 6.02. The zero-order valence-corrected chi connectivity index (χ0v) is 10.7. The van der Waals surface area contributed by atoms with E-state index in [9.17, 15) is 4.79 Å². The molecule has 92 valence electrons. The van der Waals surface area contributed by atoms with Crippen molar-refractivity contribution in [3.05, 3.63) is 0 Å². The number of piperidine rings is 1. The van der Waals surface area contributed by atoms with Gasteiger partial charge in [0.15, 0.2) is 0 Å². The van der Waals surface area contributed by atoms with E-state index in [4.69, 9.17) is 0 Å². The molecule has 0 aromatic carbocycles. The topological polar surface area (TPSA) is 41.1 Å². The number of hydrogen-bond acceptors (Lipinski definition) is 2. The van der Waals surface area contributed by atoms with Crippen LogP contribution in [-0.2, 0) is 4.79 Å². The summed E-state index contributed by atoms with van der Waals surface area (Å²) >= 11 is 0. The first-order valence-corrected chi connectivity index (χ1v) is 6.58. The van der Waals surface area contributed by atoms with Crippen molar-refractivity contribution in [2.75, 3.05) is 0 Å². The lowest BCUT2D eigenvalue weighted by atomic mass is 9.88. The third kappa shape index (κ3) is 2.40. The van der Waals surface area contributed by atoms with Gasteiger partial charge in [0.1, 0.15) is 0 Å². The standard InChI is InChI=1S/C13H24N2O/c1-4-13(2,3)12(16)15-11-7-9-5-6-10(8-11)14-9/h9-11,14H,4-8H2,1-3H3,(H,15,16)/t9-,10+,11?. The van der Waals surface area contributed by atoms with E-state index < -0.39 is 0 Å². The summed E-state index contributed by atoms with van der Waals surface area (Å²) in [6, 6.07) is 1.69. The quantitative estimate of drug-likeness (QED) is 0.768. The number of carbonyl (C=O) groups excluding carboxylic acids is 1. The predicted molar refractivity (Wildman–Crippen MR) is 65.2 cm³/mol. The van der Waals surface area contributed by atoms with Crippen LogP contribution in [0.3, 0.4) is 0 Å². The summed E-state index contributed by atoms with van der Waals surface area (Å²) in [6.07, 6.45) is 5.70. The molecule has 2 aliphatic rings. The summed E-state index contributed by atoms with van der Waals surface area (Å²) in [5, 5.41) is 6.83. The molecule has 2 aliphatic heterocycles. The Kier molecular flexibility index (Phi) is 3.24. The van der Waals surface area contributed by atoms with Gasteiger partial charge in [-0.2, -0.15) is 0 Å². The first-order chi connectivity index (χ1) is 7.51. The van der Waals surface area contributed by atoms with E-state index in [1.54, 1.807) is 0 Å². The van der Waals surface area contributed by atoms with Gasteiger partial charge in [0.25, 0.3) is 0 Å². The Morgan fingerprint density at radius 1 is 1.31 bits per heavy atom. The minimum absolute atomic E-state index is 0.218. The van der Waals surface area contributed by atoms with Crippen LogP contribution < -0.4 is 10.6 Å². The van der Waals surface area contributed by atoms with Crippen LogP contribution in [-0.4, -0.2) is 24.0 Å². The van der Waals surface area contributed by atoms with Crippen LogP contribution in [0.5, 0.6) is 0 Å². The number of amides is 1. The molecule has 2 saturated heterocycles. The maximum Gasteiger partial charge on any atom is 0.225 e. The Hall–Kier alpha value is -0.570. The SMILES string of the molecule is CCC(C)(C)C(=O)NC1C[C@H]2CC[C@@H](C1)N2. The summed E-state index contributed by atoms with van der Waals surface area (Å²) < 4.78 is 0. The lowest BCUT2D eigenvalue weighted by molar-refractivity contribution is -0.130. The normalized spacial score (nSPS) is 33.8. The van der Waals surface area contributed by atoms with Crippen molar-refractivity contribution in [3.8, 4) is 0 Å². The van der Waals surface area contributed by atoms with Gasteiger partial charge in [-0.05, 0) is 32.1 Å². The van der Waals surface area contributed by atoms with Gasteiger partial charge in [-0.15, -0.1) is 0 Å². The highest BCUT2D eigenvalue weighted by Crippen LogP contribution is 2.28. The Balaban J connectivity index is 1.88. The van der Waals surface area contributed by atoms with Crippen molar-refractivity contribution in [2.45, 2.75) is 71.0 Å². The second-order valence-electron chi connectivity index (χ2n) is 6.02. The number of hydrogen-bond donors (Lipinski definition) is 2. The second kappa shape index (κ2) is 4.36. The molecule has 2 bridgehead atoms. The molecule has 0 aromatic rings. The number of rotatable bonds is 3. The van der Waals surface area contributed by atoms with Crippen LogP contribution in [0.1, 0.15) is 52.9 Å². The minimum atomic E-state index is -0.218. The van der Waals surface area contributed by atoms with Gasteiger partial charge in [-0.3, -0.25) is 4.79 Å². The van der Waals surface area contributed by atoms with Crippen molar-refractivity contribution in [1.29, 1.82) is 0 Å². The van der Waals surface area contributed by atoms with Crippen LogP contribution in [0.15, 0.2) is 0 Å². The fourth-order valence-corrected chi connectivity index (χ4v) is 2.72. The average molecular weight is 224 g/mol. The van der Waals surface area contributed by atoms with E-state index in [0.29, 0.717) is 18.1 Å². The maximum atomic E-state index is 12.1. The summed E-state index contributed by atoms with van der Waals surface area (Å²) in [5.74, 6) is 0.223. The summed E-state index contributed by atoms with van der Waals surface area (Å²) in [5.41, 5.74) is -0.218. The van der Waals surface area contributed by atoms with Gasteiger partial charge in [-0.25, -0.2) is 0 Å². The van der Waals surface area contributed by atoms with Crippen molar-refractivity contribution in [2.24, 2.45) is 5.41 Å². The first-order valence-electron chi connectivity index (χ1n) is 6.58. The Bertz CT molecular complexity index is 263. The predicted octanol–water partition coefficient (Wildman–Crippen LogP) is 1.82. The van der Waals surface area contributed by atoms with Crippen LogP contribution in [0.4, 0.5) is 0 Å². The maximum absolute atomic E-state index is 12.1. The Morgan fingerprint density at radius 2 is 1.88 bits per heavy atom. The Morgan fingerprint density at radius 3 is 2.38 bits per heavy atom. The van der Waals surface area contributed by atoms with Gasteiger partial charge in [-0.1, -0.05) is 20.8 Å². The smallest absolute Gasteiger partial charge is 0.225 e. The van der Waals surface area contributed by atoms with Crippen molar-refractivity contribution < 1.29 is 4.79 Å². The molecule has 0 radical (unpaired) electrons. The fourth-order valence-electron chi connectivity index (χ4n) is 2.72. The molecule has 0 saturated carbocycles. The molecule has 0 aromatic heterocycles. The van der Waals surface area contributed by atoms with E-state index in [0.717, 1.165) is 19.3 Å². The lowest BCUT2D eigenvalue weighted by Gasteiger charge is -2.32. The minimum Gasteiger partial charge on any atom is -0.353 e. The highest BCUT2D eigenvalue weighted by Gasteiger charge is 2.35. The first kappa shape index (κ1) is 11.9.